The maximum absolute atomic E-state index is 9.20. The molecule has 0 aromatic rings. The molecular weight excluding hydrogens is 134 g/mol. The summed E-state index contributed by atoms with van der Waals surface area (Å²) in [4.78, 5) is 0. The van der Waals surface area contributed by atoms with Crippen molar-refractivity contribution >= 4 is 0 Å². The molecule has 4 N–H and O–H groups in total. The first-order valence-electron chi connectivity index (χ1n) is 3.38. The summed E-state index contributed by atoms with van der Waals surface area (Å²) in [6.45, 7) is 1.69. The molecule has 1 saturated heterocycles. The van der Waals surface area contributed by atoms with Gasteiger partial charge in [0, 0.05) is 12.5 Å². The zero-order valence-corrected chi connectivity index (χ0v) is 5.90. The molecule has 1 aliphatic rings. The van der Waals surface area contributed by atoms with E-state index in [1.165, 1.54) is 0 Å². The number of nitrogens with two attached hydrogens (primary N) is 1. The van der Waals surface area contributed by atoms with Crippen LogP contribution in [-0.2, 0) is 4.74 Å². The third-order valence-electron chi connectivity index (χ3n) is 1.77. The van der Waals surface area contributed by atoms with Crippen molar-refractivity contribution in [2.24, 2.45) is 5.73 Å². The van der Waals surface area contributed by atoms with Crippen LogP contribution >= 0.6 is 0 Å². The van der Waals surface area contributed by atoms with Crippen LogP contribution in [0.3, 0.4) is 0 Å². The first kappa shape index (κ1) is 7.94. The number of rotatable bonds is 0. The summed E-state index contributed by atoms with van der Waals surface area (Å²) < 4.78 is 4.89. The van der Waals surface area contributed by atoms with E-state index in [-0.39, 0.29) is 12.1 Å². The SMILES string of the molecule is CC1O[C@@H](O)C[C@@H](N)[C@H]1O. The molecule has 0 saturated carbocycles. The van der Waals surface area contributed by atoms with E-state index in [0.717, 1.165) is 0 Å². The molecule has 1 heterocycles. The van der Waals surface area contributed by atoms with E-state index in [2.05, 4.69) is 0 Å². The number of aliphatic hydroxyl groups excluding tert-OH is 2. The Bertz CT molecular complexity index is 108. The Morgan fingerprint density at radius 2 is 2.10 bits per heavy atom. The van der Waals surface area contributed by atoms with Crippen molar-refractivity contribution < 1.29 is 14.9 Å². The van der Waals surface area contributed by atoms with Gasteiger partial charge in [0.25, 0.3) is 0 Å². The summed E-state index contributed by atoms with van der Waals surface area (Å²) >= 11 is 0. The minimum Gasteiger partial charge on any atom is -0.389 e. The number of ether oxygens (including phenoxy) is 1. The van der Waals surface area contributed by atoms with Gasteiger partial charge in [-0.2, -0.15) is 0 Å². The molecule has 60 valence electrons. The van der Waals surface area contributed by atoms with Crippen LogP contribution in [0.2, 0.25) is 0 Å². The first-order valence-corrected chi connectivity index (χ1v) is 3.38. The van der Waals surface area contributed by atoms with Crippen LogP contribution in [-0.4, -0.2) is 34.8 Å². The highest BCUT2D eigenvalue weighted by atomic mass is 16.6. The lowest BCUT2D eigenvalue weighted by atomic mass is 10.0. The van der Waals surface area contributed by atoms with E-state index in [4.69, 9.17) is 15.6 Å². The second-order valence-electron chi connectivity index (χ2n) is 2.69. The van der Waals surface area contributed by atoms with Crippen molar-refractivity contribution in [2.45, 2.75) is 37.9 Å². The van der Waals surface area contributed by atoms with Gasteiger partial charge < -0.3 is 20.7 Å². The van der Waals surface area contributed by atoms with Crippen LogP contribution in [0.5, 0.6) is 0 Å². The predicted octanol–water partition coefficient (Wildman–Crippen LogP) is -1.20. The molecule has 0 bridgehead atoms. The van der Waals surface area contributed by atoms with Gasteiger partial charge in [-0.25, -0.2) is 0 Å². The Hall–Kier alpha value is -0.160. The Labute approximate surface area is 59.6 Å². The van der Waals surface area contributed by atoms with Gasteiger partial charge in [-0.3, -0.25) is 0 Å². The second kappa shape index (κ2) is 2.84. The molecule has 0 amide bonds. The highest BCUT2D eigenvalue weighted by Gasteiger charge is 2.31. The van der Waals surface area contributed by atoms with E-state index in [0.29, 0.717) is 6.42 Å². The minimum atomic E-state index is -0.812. The zero-order valence-electron chi connectivity index (χ0n) is 5.90. The van der Waals surface area contributed by atoms with Crippen molar-refractivity contribution in [1.82, 2.24) is 0 Å². The Balaban J connectivity index is 2.49. The van der Waals surface area contributed by atoms with E-state index in [1.54, 1.807) is 6.92 Å². The van der Waals surface area contributed by atoms with Crippen molar-refractivity contribution in [2.75, 3.05) is 0 Å². The highest BCUT2D eigenvalue weighted by molar-refractivity contribution is 4.82. The average Bonchev–Trinajstić information content (AvgIpc) is 1.82. The van der Waals surface area contributed by atoms with Gasteiger partial charge >= 0.3 is 0 Å². The quantitative estimate of drug-likeness (QED) is 0.402. The van der Waals surface area contributed by atoms with Gasteiger partial charge in [0.15, 0.2) is 6.29 Å². The number of hydrogen-bond acceptors (Lipinski definition) is 4. The molecule has 4 heteroatoms. The van der Waals surface area contributed by atoms with Gasteiger partial charge in [-0.15, -0.1) is 0 Å². The Morgan fingerprint density at radius 1 is 1.50 bits per heavy atom. The maximum Gasteiger partial charge on any atom is 0.156 e. The van der Waals surface area contributed by atoms with Gasteiger partial charge in [-0.05, 0) is 6.92 Å². The summed E-state index contributed by atoms with van der Waals surface area (Å²) in [6, 6.07) is -0.362. The van der Waals surface area contributed by atoms with Gasteiger partial charge in [0.1, 0.15) is 0 Å². The summed E-state index contributed by atoms with van der Waals surface area (Å²) in [5.74, 6) is 0. The van der Waals surface area contributed by atoms with Crippen LogP contribution in [0.4, 0.5) is 0 Å². The highest BCUT2D eigenvalue weighted by Crippen LogP contribution is 2.16. The van der Waals surface area contributed by atoms with E-state index < -0.39 is 12.4 Å². The Morgan fingerprint density at radius 3 is 2.60 bits per heavy atom. The van der Waals surface area contributed by atoms with Crippen LogP contribution in [0.15, 0.2) is 0 Å². The summed E-state index contributed by atoms with van der Waals surface area (Å²) in [5.41, 5.74) is 5.47. The Kier molecular flexibility index (Phi) is 2.25. The minimum absolute atomic E-state index is 0.311. The lowest BCUT2D eigenvalue weighted by Crippen LogP contribution is -2.51. The van der Waals surface area contributed by atoms with Crippen LogP contribution in [0.25, 0.3) is 0 Å². The van der Waals surface area contributed by atoms with Crippen LogP contribution in [0.1, 0.15) is 13.3 Å². The molecule has 10 heavy (non-hydrogen) atoms. The smallest absolute Gasteiger partial charge is 0.156 e. The molecule has 1 rings (SSSR count). The third-order valence-corrected chi connectivity index (χ3v) is 1.77. The fourth-order valence-electron chi connectivity index (χ4n) is 1.10. The van der Waals surface area contributed by atoms with Crippen molar-refractivity contribution in [3.8, 4) is 0 Å². The molecule has 0 spiro atoms. The number of hydrogen-bond donors (Lipinski definition) is 3. The molecule has 1 aliphatic heterocycles. The van der Waals surface area contributed by atoms with Crippen molar-refractivity contribution in [1.29, 1.82) is 0 Å². The van der Waals surface area contributed by atoms with E-state index in [1.807, 2.05) is 0 Å². The predicted molar refractivity (Wildman–Crippen MR) is 35.2 cm³/mol. The molecular formula is C6H13NO3. The molecule has 1 unspecified atom stereocenters. The van der Waals surface area contributed by atoms with Gasteiger partial charge in [0.05, 0.1) is 12.2 Å². The second-order valence-corrected chi connectivity index (χ2v) is 2.69. The van der Waals surface area contributed by atoms with E-state index in [9.17, 15) is 5.11 Å². The normalized spacial score (nSPS) is 49.2. The maximum atomic E-state index is 9.20. The molecule has 4 atom stereocenters. The van der Waals surface area contributed by atoms with Crippen LogP contribution in [0, 0.1) is 0 Å². The monoisotopic (exact) mass is 147 g/mol. The van der Waals surface area contributed by atoms with E-state index >= 15 is 0 Å². The topological polar surface area (TPSA) is 75.7 Å². The van der Waals surface area contributed by atoms with Crippen LogP contribution < -0.4 is 5.73 Å². The molecule has 0 aliphatic carbocycles. The lowest BCUT2D eigenvalue weighted by Gasteiger charge is -2.33. The molecule has 0 aromatic carbocycles. The fourth-order valence-corrected chi connectivity index (χ4v) is 1.10. The van der Waals surface area contributed by atoms with Crippen molar-refractivity contribution in [3.05, 3.63) is 0 Å². The molecule has 0 radical (unpaired) electrons. The molecule has 0 aromatic heterocycles. The largest absolute Gasteiger partial charge is 0.389 e. The third kappa shape index (κ3) is 1.46. The summed E-state index contributed by atoms with van der Waals surface area (Å²) in [6.07, 6.45) is -1.51. The molecule has 1 fully saturated rings. The average molecular weight is 147 g/mol. The summed E-state index contributed by atoms with van der Waals surface area (Å²) in [5, 5.41) is 18.2. The van der Waals surface area contributed by atoms with Gasteiger partial charge in [-0.1, -0.05) is 0 Å². The molecule has 4 nitrogen and oxygen atoms in total. The van der Waals surface area contributed by atoms with Gasteiger partial charge in [0.2, 0.25) is 0 Å². The zero-order chi connectivity index (χ0) is 7.72. The number of aliphatic hydroxyl groups is 2. The lowest BCUT2D eigenvalue weighted by molar-refractivity contribution is -0.198. The summed E-state index contributed by atoms with van der Waals surface area (Å²) in [7, 11) is 0. The fraction of sp³-hybridized carbons (Fsp3) is 1.00. The van der Waals surface area contributed by atoms with Crippen molar-refractivity contribution in [3.63, 3.8) is 0 Å². The first-order chi connectivity index (χ1) is 4.61. The standard InChI is InChI=1S/C6H13NO3/c1-3-6(9)4(7)2-5(8)10-3/h3-6,8-9H,2,7H2,1H3/t3?,4-,5-,6+/m1/s1.